The predicted molar refractivity (Wildman–Crippen MR) is 104 cm³/mol. The van der Waals surface area contributed by atoms with Crippen LogP contribution in [-0.2, 0) is 16.6 Å². The highest BCUT2D eigenvalue weighted by Gasteiger charge is 2.22. The molecule has 146 valence electrons. The molecule has 2 aromatic rings. The summed E-state index contributed by atoms with van der Waals surface area (Å²) in [6.07, 6.45) is 1.38. The van der Waals surface area contributed by atoms with E-state index in [1.54, 1.807) is 0 Å². The Balaban J connectivity index is 1.65. The molecule has 1 heterocycles. The Kier molecular flexibility index (Phi) is 5.30. The average molecular weight is 383 g/mol. The molecule has 0 fully saturated rings. The van der Waals surface area contributed by atoms with Crippen LogP contribution in [0.3, 0.4) is 0 Å². The van der Waals surface area contributed by atoms with Gasteiger partial charge in [-0.05, 0) is 22.6 Å². The van der Waals surface area contributed by atoms with Gasteiger partial charge in [-0.1, -0.05) is 45.0 Å². The summed E-state index contributed by atoms with van der Waals surface area (Å²) in [6, 6.07) is 10.6. The molecule has 3 rings (SSSR count). The third-order valence-corrected chi connectivity index (χ3v) is 4.30. The third-order valence-electron chi connectivity index (χ3n) is 4.30. The number of hydrazone groups is 1. The molecule has 8 nitrogen and oxygen atoms in total. The number of benzene rings is 2. The fourth-order valence-corrected chi connectivity index (χ4v) is 2.73. The van der Waals surface area contributed by atoms with E-state index in [2.05, 4.69) is 31.3 Å². The second-order valence-electron chi connectivity index (χ2n) is 7.44. The summed E-state index contributed by atoms with van der Waals surface area (Å²) in [7, 11) is 0. The Labute approximate surface area is 162 Å². The molecule has 1 aliphatic heterocycles. The van der Waals surface area contributed by atoms with E-state index in [1.807, 2.05) is 24.3 Å². The van der Waals surface area contributed by atoms with Gasteiger partial charge in [0.1, 0.15) is 0 Å². The van der Waals surface area contributed by atoms with E-state index in [0.29, 0.717) is 11.5 Å². The molecule has 1 amide bonds. The molecule has 0 bridgehead atoms. The lowest BCUT2D eigenvalue weighted by atomic mass is 9.86. The third kappa shape index (κ3) is 4.46. The first-order valence-corrected chi connectivity index (χ1v) is 8.73. The van der Waals surface area contributed by atoms with Crippen LogP contribution in [-0.4, -0.2) is 23.8 Å². The zero-order valence-corrected chi connectivity index (χ0v) is 15.9. The Morgan fingerprint density at radius 2 is 1.86 bits per heavy atom. The molecule has 0 saturated carbocycles. The molecular formula is C20H21N3O5. The minimum atomic E-state index is -0.540. The zero-order valence-electron chi connectivity index (χ0n) is 15.9. The number of nitrogens with one attached hydrogen (secondary N) is 1. The molecule has 28 heavy (non-hydrogen) atoms. The number of rotatable bonds is 5. The first-order valence-electron chi connectivity index (χ1n) is 8.73. The zero-order chi connectivity index (χ0) is 20.3. The highest BCUT2D eigenvalue weighted by molar-refractivity contribution is 5.88. The number of nitro benzene ring substituents is 1. The van der Waals surface area contributed by atoms with Crippen molar-refractivity contribution in [1.82, 2.24) is 5.43 Å². The van der Waals surface area contributed by atoms with Crippen LogP contribution in [0.25, 0.3) is 0 Å². The number of carbonyl (C=O) groups excluding carboxylic acids is 1. The monoisotopic (exact) mass is 383 g/mol. The number of hydrogen-bond acceptors (Lipinski definition) is 6. The summed E-state index contributed by atoms with van der Waals surface area (Å²) >= 11 is 0. The molecule has 8 heteroatoms. The average Bonchev–Trinajstić information content (AvgIpc) is 3.08. The van der Waals surface area contributed by atoms with Crippen molar-refractivity contribution in [3.05, 3.63) is 63.2 Å². The van der Waals surface area contributed by atoms with Gasteiger partial charge in [-0.2, -0.15) is 5.10 Å². The molecule has 0 radical (unpaired) electrons. The van der Waals surface area contributed by atoms with Crippen molar-refractivity contribution in [3.63, 3.8) is 0 Å². The van der Waals surface area contributed by atoms with Crippen molar-refractivity contribution in [2.24, 2.45) is 5.10 Å². The van der Waals surface area contributed by atoms with Crippen LogP contribution in [0.5, 0.6) is 11.5 Å². The van der Waals surface area contributed by atoms with Gasteiger partial charge in [0, 0.05) is 0 Å². The van der Waals surface area contributed by atoms with E-state index < -0.39 is 4.92 Å². The van der Waals surface area contributed by atoms with Crippen molar-refractivity contribution < 1.29 is 19.2 Å². The molecule has 0 aliphatic carbocycles. The number of nitro groups is 1. The lowest BCUT2D eigenvalue weighted by molar-refractivity contribution is -0.385. The van der Waals surface area contributed by atoms with Crippen molar-refractivity contribution in [2.45, 2.75) is 32.6 Å². The Hall–Kier alpha value is -3.42. The Morgan fingerprint density at radius 3 is 2.46 bits per heavy atom. The van der Waals surface area contributed by atoms with Gasteiger partial charge >= 0.3 is 0 Å². The maximum absolute atomic E-state index is 12.1. The summed E-state index contributed by atoms with van der Waals surface area (Å²) in [5, 5.41) is 15.1. The summed E-state index contributed by atoms with van der Waals surface area (Å²) in [5.74, 6) is 0.395. The SMILES string of the molecule is CC(C)(C)c1ccc(CC(=O)N/N=C\c2cc3c(cc2[N+](=O)[O-])OCO3)cc1. The first-order chi connectivity index (χ1) is 13.2. The quantitative estimate of drug-likeness (QED) is 0.485. The van der Waals surface area contributed by atoms with E-state index in [9.17, 15) is 14.9 Å². The van der Waals surface area contributed by atoms with Crippen LogP contribution in [0.2, 0.25) is 0 Å². The fraction of sp³-hybridized carbons (Fsp3) is 0.300. The van der Waals surface area contributed by atoms with Crippen molar-refractivity contribution in [1.29, 1.82) is 0 Å². The molecule has 0 aromatic heterocycles. The molecule has 1 N–H and O–H groups in total. The van der Waals surface area contributed by atoms with Gasteiger partial charge < -0.3 is 9.47 Å². The Morgan fingerprint density at radius 1 is 1.21 bits per heavy atom. The number of carbonyl (C=O) groups is 1. The van der Waals surface area contributed by atoms with Crippen molar-refractivity contribution in [2.75, 3.05) is 6.79 Å². The molecule has 2 aromatic carbocycles. The Bertz CT molecular complexity index is 930. The summed E-state index contributed by atoms with van der Waals surface area (Å²) in [5.41, 5.74) is 4.51. The van der Waals surface area contributed by atoms with E-state index in [4.69, 9.17) is 9.47 Å². The summed E-state index contributed by atoms with van der Waals surface area (Å²) < 4.78 is 10.4. The molecule has 0 unspecified atom stereocenters. The smallest absolute Gasteiger partial charge is 0.282 e. The van der Waals surface area contributed by atoms with Crippen LogP contribution in [0.1, 0.15) is 37.5 Å². The molecule has 0 atom stereocenters. The number of fused-ring (bicyclic) bond motifs is 1. The molecule has 0 spiro atoms. The lowest BCUT2D eigenvalue weighted by Crippen LogP contribution is -2.20. The maximum atomic E-state index is 12.1. The first kappa shape index (κ1) is 19.3. The van der Waals surface area contributed by atoms with E-state index in [0.717, 1.165) is 5.56 Å². The van der Waals surface area contributed by atoms with Crippen molar-refractivity contribution in [3.8, 4) is 11.5 Å². The van der Waals surface area contributed by atoms with E-state index in [1.165, 1.54) is 23.9 Å². The second kappa shape index (κ2) is 7.67. The van der Waals surface area contributed by atoms with Gasteiger partial charge in [-0.3, -0.25) is 14.9 Å². The van der Waals surface area contributed by atoms with Crippen molar-refractivity contribution >= 4 is 17.8 Å². The topological polar surface area (TPSA) is 103 Å². The van der Waals surface area contributed by atoms with Gasteiger partial charge in [0.05, 0.1) is 29.2 Å². The van der Waals surface area contributed by atoms with Gasteiger partial charge in [0.15, 0.2) is 11.5 Å². The van der Waals surface area contributed by atoms with Crippen LogP contribution in [0.4, 0.5) is 5.69 Å². The number of nitrogens with zero attached hydrogens (tertiary/aromatic N) is 2. The van der Waals surface area contributed by atoms with E-state index >= 15 is 0 Å². The lowest BCUT2D eigenvalue weighted by Gasteiger charge is -2.19. The number of ether oxygens (including phenoxy) is 2. The molecule has 0 saturated heterocycles. The van der Waals surface area contributed by atoms with E-state index in [-0.39, 0.29) is 35.8 Å². The summed E-state index contributed by atoms with van der Waals surface area (Å²) in [6.45, 7) is 6.38. The standard InChI is InChI=1S/C20H21N3O5/c1-20(2,3)15-6-4-13(5-7-15)8-19(24)22-21-11-14-9-17-18(28-12-27-17)10-16(14)23(25)26/h4-7,9-11H,8,12H2,1-3H3,(H,22,24)/b21-11-. The van der Waals surface area contributed by atoms with Gasteiger partial charge in [0.25, 0.3) is 5.69 Å². The highest BCUT2D eigenvalue weighted by Crippen LogP contribution is 2.37. The van der Waals surface area contributed by atoms with Crippen LogP contribution in [0.15, 0.2) is 41.5 Å². The largest absolute Gasteiger partial charge is 0.454 e. The predicted octanol–water partition coefficient (Wildman–Crippen LogP) is 3.31. The number of hydrogen-bond donors (Lipinski definition) is 1. The minimum Gasteiger partial charge on any atom is -0.454 e. The molecule has 1 aliphatic rings. The minimum absolute atomic E-state index is 0.0117. The fourth-order valence-electron chi connectivity index (χ4n) is 2.73. The normalized spacial score (nSPS) is 13.0. The van der Waals surface area contributed by atoms with Gasteiger partial charge in [-0.25, -0.2) is 5.43 Å². The van der Waals surface area contributed by atoms with Gasteiger partial charge in [0.2, 0.25) is 12.7 Å². The maximum Gasteiger partial charge on any atom is 0.282 e. The second-order valence-corrected chi connectivity index (χ2v) is 7.44. The van der Waals surface area contributed by atoms with Crippen LogP contribution >= 0.6 is 0 Å². The van der Waals surface area contributed by atoms with Crippen LogP contribution in [0, 0.1) is 10.1 Å². The number of amides is 1. The molecular weight excluding hydrogens is 362 g/mol. The van der Waals surface area contributed by atoms with Gasteiger partial charge in [-0.15, -0.1) is 0 Å². The van der Waals surface area contributed by atoms with Crippen LogP contribution < -0.4 is 14.9 Å². The summed E-state index contributed by atoms with van der Waals surface area (Å²) in [4.78, 5) is 22.8. The highest BCUT2D eigenvalue weighted by atomic mass is 16.7.